The average Bonchev–Trinajstić information content (AvgIpc) is 2.53. The molecule has 9 heteroatoms. The van der Waals surface area contributed by atoms with Crippen LogP contribution in [0.5, 0.6) is 5.75 Å². The van der Waals surface area contributed by atoms with Crippen molar-refractivity contribution in [3.8, 4) is 5.75 Å². The van der Waals surface area contributed by atoms with Gasteiger partial charge in [0.2, 0.25) is 5.91 Å². The lowest BCUT2D eigenvalue weighted by atomic mass is 10.0. The van der Waals surface area contributed by atoms with Crippen molar-refractivity contribution in [3.05, 3.63) is 30.0 Å². The number of pyridine rings is 1. The van der Waals surface area contributed by atoms with E-state index in [2.05, 4.69) is 10.3 Å². The number of nitrogens with one attached hydrogen (secondary N) is 1. The second kappa shape index (κ2) is 6.23. The Balaban J connectivity index is 2.20. The van der Waals surface area contributed by atoms with Crippen molar-refractivity contribution in [1.29, 1.82) is 0 Å². The number of anilines is 1. The number of carbonyl (C=O) groups excluding carboxylic acids is 2. The van der Waals surface area contributed by atoms with Crippen LogP contribution < -0.4 is 15.0 Å². The van der Waals surface area contributed by atoms with Gasteiger partial charge in [0.1, 0.15) is 5.75 Å². The molecule has 1 fully saturated rings. The van der Waals surface area contributed by atoms with Crippen molar-refractivity contribution >= 4 is 28.5 Å². The molecule has 2 aromatic rings. The molecule has 1 aromatic heterocycles. The molecule has 1 aliphatic heterocycles. The van der Waals surface area contributed by atoms with Gasteiger partial charge in [0.05, 0.1) is 24.7 Å². The fraction of sp³-hybridized carbons (Fsp3) is 0.312. The normalized spacial score (nSPS) is 15.4. The van der Waals surface area contributed by atoms with Gasteiger partial charge in [-0.15, -0.1) is 0 Å². The first kappa shape index (κ1) is 17.0. The molecule has 6 nitrogen and oxygen atoms in total. The van der Waals surface area contributed by atoms with E-state index < -0.39 is 24.5 Å². The Hall–Kier alpha value is -2.84. The summed E-state index contributed by atoms with van der Waals surface area (Å²) in [5.74, 6) is -0.361. The second-order valence-electron chi connectivity index (χ2n) is 5.53. The lowest BCUT2D eigenvalue weighted by molar-refractivity contribution is -0.127. The Morgan fingerprint density at radius 1 is 1.36 bits per heavy atom. The number of fused-ring (bicyclic) bond motifs is 1. The molecule has 2 heterocycles. The highest BCUT2D eigenvalue weighted by Gasteiger charge is 2.32. The molecule has 3 rings (SSSR count). The van der Waals surface area contributed by atoms with Crippen molar-refractivity contribution in [2.75, 3.05) is 18.6 Å². The van der Waals surface area contributed by atoms with Gasteiger partial charge < -0.3 is 4.74 Å². The van der Waals surface area contributed by atoms with E-state index in [1.54, 1.807) is 12.1 Å². The van der Waals surface area contributed by atoms with Crippen LogP contribution in [0.3, 0.4) is 0 Å². The molecule has 0 spiro atoms. The zero-order chi connectivity index (χ0) is 18.2. The van der Waals surface area contributed by atoms with Crippen LogP contribution in [0.25, 0.3) is 10.9 Å². The van der Waals surface area contributed by atoms with E-state index in [0.29, 0.717) is 10.9 Å². The summed E-state index contributed by atoms with van der Waals surface area (Å²) < 4.78 is 44.0. The van der Waals surface area contributed by atoms with Crippen LogP contribution in [0, 0.1) is 0 Å². The van der Waals surface area contributed by atoms with Gasteiger partial charge in [0.25, 0.3) is 0 Å². The van der Waals surface area contributed by atoms with Crippen molar-refractivity contribution in [2.45, 2.75) is 19.0 Å². The number of halogens is 3. The van der Waals surface area contributed by atoms with E-state index in [9.17, 15) is 22.8 Å². The van der Waals surface area contributed by atoms with Crippen LogP contribution in [0.15, 0.2) is 24.4 Å². The smallest absolute Gasteiger partial charge is 0.393 e. The maximum atomic E-state index is 13.0. The summed E-state index contributed by atoms with van der Waals surface area (Å²) in [7, 11) is 1.29. The minimum absolute atomic E-state index is 0.0563. The van der Waals surface area contributed by atoms with Gasteiger partial charge in [-0.05, 0) is 18.2 Å². The number of alkyl halides is 3. The quantitative estimate of drug-likeness (QED) is 0.921. The van der Waals surface area contributed by atoms with Gasteiger partial charge in [-0.1, -0.05) is 0 Å². The van der Waals surface area contributed by atoms with E-state index in [1.807, 2.05) is 0 Å². The SMILES string of the molecule is COc1c(CC(F)(F)F)cc(N2CCC(=O)NC2=O)c2ncccc12. The Bertz CT molecular complexity index is 852. The van der Waals surface area contributed by atoms with Crippen molar-refractivity contribution < 1.29 is 27.5 Å². The third-order valence-electron chi connectivity index (χ3n) is 3.84. The van der Waals surface area contributed by atoms with Gasteiger partial charge in [0.15, 0.2) is 0 Å². The van der Waals surface area contributed by atoms with E-state index in [4.69, 9.17) is 4.74 Å². The summed E-state index contributed by atoms with van der Waals surface area (Å²) in [6, 6.07) is 3.71. The molecule has 1 N–H and O–H groups in total. The summed E-state index contributed by atoms with van der Waals surface area (Å²) in [5, 5.41) is 2.52. The number of aromatic nitrogens is 1. The first-order valence-electron chi connectivity index (χ1n) is 7.43. The Labute approximate surface area is 140 Å². The highest BCUT2D eigenvalue weighted by atomic mass is 19.4. The summed E-state index contributed by atoms with van der Waals surface area (Å²) in [6.45, 7) is 0.0636. The van der Waals surface area contributed by atoms with E-state index in [1.165, 1.54) is 24.3 Å². The predicted octanol–water partition coefficient (Wildman–Crippen LogP) is 2.79. The maximum Gasteiger partial charge on any atom is 0.393 e. The number of ether oxygens (including phenoxy) is 1. The number of rotatable bonds is 3. The summed E-state index contributed by atoms with van der Waals surface area (Å²) in [5.41, 5.74) is 0.436. The molecular weight excluding hydrogens is 339 g/mol. The van der Waals surface area contributed by atoms with Crippen LogP contribution in [0.1, 0.15) is 12.0 Å². The van der Waals surface area contributed by atoms with Crippen LogP contribution in [0.2, 0.25) is 0 Å². The summed E-state index contributed by atoms with van der Waals surface area (Å²) in [4.78, 5) is 28.8. The second-order valence-corrected chi connectivity index (χ2v) is 5.53. The topological polar surface area (TPSA) is 71.5 Å². The molecule has 3 amide bonds. The Kier molecular flexibility index (Phi) is 4.23. The van der Waals surface area contributed by atoms with Crippen molar-refractivity contribution in [2.24, 2.45) is 0 Å². The number of nitrogens with zero attached hydrogens (tertiary/aromatic N) is 2. The minimum Gasteiger partial charge on any atom is -0.496 e. The molecule has 0 unspecified atom stereocenters. The van der Waals surface area contributed by atoms with Gasteiger partial charge in [0, 0.05) is 30.1 Å². The largest absolute Gasteiger partial charge is 0.496 e. The number of amides is 3. The predicted molar refractivity (Wildman–Crippen MR) is 83.6 cm³/mol. The molecular formula is C16H14F3N3O3. The summed E-state index contributed by atoms with van der Waals surface area (Å²) in [6.07, 6.45) is -4.12. The van der Waals surface area contributed by atoms with Crippen molar-refractivity contribution in [3.63, 3.8) is 0 Å². The fourth-order valence-corrected chi connectivity index (χ4v) is 2.85. The van der Waals surface area contributed by atoms with Gasteiger partial charge >= 0.3 is 12.2 Å². The first-order chi connectivity index (χ1) is 11.8. The van der Waals surface area contributed by atoms with Crippen LogP contribution in [-0.2, 0) is 11.2 Å². The molecule has 0 atom stereocenters. The van der Waals surface area contributed by atoms with E-state index in [0.717, 1.165) is 0 Å². The monoisotopic (exact) mass is 353 g/mol. The van der Waals surface area contributed by atoms with Crippen molar-refractivity contribution in [1.82, 2.24) is 10.3 Å². The maximum absolute atomic E-state index is 13.0. The number of benzene rings is 1. The van der Waals surface area contributed by atoms with Crippen LogP contribution in [0.4, 0.5) is 23.7 Å². The van der Waals surface area contributed by atoms with Crippen LogP contribution in [-0.4, -0.2) is 36.8 Å². The lowest BCUT2D eigenvalue weighted by Crippen LogP contribution is -2.49. The number of imide groups is 1. The summed E-state index contributed by atoms with van der Waals surface area (Å²) >= 11 is 0. The molecule has 0 aliphatic carbocycles. The minimum atomic E-state index is -4.44. The standard InChI is InChI=1S/C16H14F3N3O3/c1-25-14-9(8-16(17,18)19)7-11(13-10(14)3-2-5-20-13)22-6-4-12(23)21-15(22)24/h2-3,5,7H,4,6,8H2,1H3,(H,21,23,24). The Morgan fingerprint density at radius 3 is 2.76 bits per heavy atom. The number of hydrogen-bond donors (Lipinski definition) is 1. The fourth-order valence-electron chi connectivity index (χ4n) is 2.85. The number of hydrogen-bond acceptors (Lipinski definition) is 4. The molecule has 0 radical (unpaired) electrons. The Morgan fingerprint density at radius 2 is 2.12 bits per heavy atom. The first-order valence-corrected chi connectivity index (χ1v) is 7.43. The highest BCUT2D eigenvalue weighted by Crippen LogP contribution is 2.39. The molecule has 132 valence electrons. The third-order valence-corrected chi connectivity index (χ3v) is 3.84. The molecule has 0 bridgehead atoms. The van der Waals surface area contributed by atoms with Gasteiger partial charge in [-0.2, -0.15) is 13.2 Å². The molecule has 25 heavy (non-hydrogen) atoms. The number of urea groups is 1. The van der Waals surface area contributed by atoms with Gasteiger partial charge in [-0.3, -0.25) is 20.0 Å². The highest BCUT2D eigenvalue weighted by molar-refractivity contribution is 6.10. The third kappa shape index (κ3) is 3.35. The molecule has 1 aliphatic rings. The van der Waals surface area contributed by atoms with E-state index >= 15 is 0 Å². The molecule has 1 aromatic carbocycles. The number of carbonyl (C=O) groups is 2. The molecule has 0 saturated carbocycles. The zero-order valence-electron chi connectivity index (χ0n) is 13.2. The lowest BCUT2D eigenvalue weighted by Gasteiger charge is -2.28. The zero-order valence-corrected chi connectivity index (χ0v) is 13.2. The molecule has 1 saturated heterocycles. The van der Waals surface area contributed by atoms with Crippen LogP contribution >= 0.6 is 0 Å². The van der Waals surface area contributed by atoms with E-state index in [-0.39, 0.29) is 30.0 Å². The average molecular weight is 353 g/mol. The van der Waals surface area contributed by atoms with Gasteiger partial charge in [-0.25, -0.2) is 4.79 Å². The number of methoxy groups -OCH3 is 1.